The van der Waals surface area contributed by atoms with Gasteiger partial charge in [0.1, 0.15) is 0 Å². The minimum Gasteiger partial charge on any atom is -0.385 e. The van der Waals surface area contributed by atoms with Crippen LogP contribution in [0, 0.1) is 5.92 Å². The van der Waals surface area contributed by atoms with E-state index in [0.717, 1.165) is 19.4 Å². The maximum Gasteiger partial charge on any atom is 0.0465 e. The molecule has 1 aliphatic rings. The molecule has 0 aromatic heterocycles. The fourth-order valence-corrected chi connectivity index (χ4v) is 3.76. The summed E-state index contributed by atoms with van der Waals surface area (Å²) in [5.41, 5.74) is 7.82. The third kappa shape index (κ3) is 3.03. The second-order valence-electron chi connectivity index (χ2n) is 4.80. The van der Waals surface area contributed by atoms with E-state index in [-0.39, 0.29) is 6.04 Å². The van der Waals surface area contributed by atoms with Crippen molar-refractivity contribution in [2.75, 3.05) is 13.7 Å². The third-order valence-corrected chi connectivity index (χ3v) is 4.97. The van der Waals surface area contributed by atoms with Gasteiger partial charge in [-0.15, -0.1) is 11.8 Å². The van der Waals surface area contributed by atoms with Gasteiger partial charge < -0.3 is 10.5 Å². The minimum absolute atomic E-state index is 0.252. The molecule has 0 saturated heterocycles. The molecule has 1 aromatic carbocycles. The first-order valence-corrected chi connectivity index (χ1v) is 7.09. The summed E-state index contributed by atoms with van der Waals surface area (Å²) in [6.07, 6.45) is 2.16. The van der Waals surface area contributed by atoms with Gasteiger partial charge in [0.05, 0.1) is 0 Å². The SMILES string of the molecule is COCCC(C)C(N)C1Cc2ccccc2S1. The number of methoxy groups -OCH3 is 1. The fourth-order valence-electron chi connectivity index (χ4n) is 2.29. The lowest BCUT2D eigenvalue weighted by Crippen LogP contribution is -2.38. The molecule has 0 saturated carbocycles. The van der Waals surface area contributed by atoms with Crippen LogP contribution in [-0.4, -0.2) is 25.0 Å². The van der Waals surface area contributed by atoms with Crippen molar-refractivity contribution in [3.8, 4) is 0 Å². The zero-order valence-corrected chi connectivity index (χ0v) is 11.4. The highest BCUT2D eigenvalue weighted by molar-refractivity contribution is 8.00. The van der Waals surface area contributed by atoms with Gasteiger partial charge in [0, 0.05) is 29.9 Å². The van der Waals surface area contributed by atoms with E-state index in [4.69, 9.17) is 10.5 Å². The van der Waals surface area contributed by atoms with Gasteiger partial charge in [0.2, 0.25) is 0 Å². The number of nitrogens with two attached hydrogens (primary N) is 1. The molecule has 2 N–H and O–H groups in total. The van der Waals surface area contributed by atoms with Crippen molar-refractivity contribution in [1.82, 2.24) is 0 Å². The molecule has 0 radical (unpaired) electrons. The molecule has 2 nitrogen and oxygen atoms in total. The van der Waals surface area contributed by atoms with E-state index in [9.17, 15) is 0 Å². The number of fused-ring (bicyclic) bond motifs is 1. The smallest absolute Gasteiger partial charge is 0.0465 e. The molecule has 0 fully saturated rings. The van der Waals surface area contributed by atoms with Crippen LogP contribution in [0.25, 0.3) is 0 Å². The van der Waals surface area contributed by atoms with Gasteiger partial charge in [0.15, 0.2) is 0 Å². The Hall–Kier alpha value is -0.510. The summed E-state index contributed by atoms with van der Waals surface area (Å²) < 4.78 is 5.12. The Balaban J connectivity index is 1.93. The van der Waals surface area contributed by atoms with Gasteiger partial charge in [-0.05, 0) is 30.4 Å². The lowest BCUT2D eigenvalue weighted by molar-refractivity contribution is 0.174. The van der Waals surface area contributed by atoms with Crippen molar-refractivity contribution in [1.29, 1.82) is 0 Å². The molecule has 1 aliphatic heterocycles. The van der Waals surface area contributed by atoms with Crippen molar-refractivity contribution in [2.24, 2.45) is 11.7 Å². The van der Waals surface area contributed by atoms with E-state index >= 15 is 0 Å². The summed E-state index contributed by atoms with van der Waals surface area (Å²) >= 11 is 1.94. The molecule has 0 amide bonds. The van der Waals surface area contributed by atoms with E-state index in [2.05, 4.69) is 31.2 Å². The number of hydrogen-bond donors (Lipinski definition) is 1. The average Bonchev–Trinajstić information content (AvgIpc) is 2.78. The molecule has 2 rings (SSSR count). The van der Waals surface area contributed by atoms with Gasteiger partial charge in [-0.2, -0.15) is 0 Å². The van der Waals surface area contributed by atoms with Crippen LogP contribution in [0.4, 0.5) is 0 Å². The third-order valence-electron chi connectivity index (χ3n) is 3.54. The van der Waals surface area contributed by atoms with Crippen molar-refractivity contribution >= 4 is 11.8 Å². The van der Waals surface area contributed by atoms with E-state index in [1.165, 1.54) is 10.5 Å². The molecule has 3 atom stereocenters. The Kier molecular flexibility index (Phi) is 4.48. The summed E-state index contributed by atoms with van der Waals surface area (Å²) in [5.74, 6) is 0.516. The molecule has 3 heteroatoms. The average molecular weight is 251 g/mol. The molecule has 0 aliphatic carbocycles. The van der Waals surface area contributed by atoms with Crippen LogP contribution >= 0.6 is 11.8 Å². The number of thioether (sulfide) groups is 1. The van der Waals surface area contributed by atoms with E-state index in [1.807, 2.05) is 11.8 Å². The Labute approximate surface area is 108 Å². The quantitative estimate of drug-likeness (QED) is 0.874. The Morgan fingerprint density at radius 1 is 1.47 bits per heavy atom. The Bertz CT molecular complexity index is 344. The maximum atomic E-state index is 6.37. The molecule has 0 spiro atoms. The van der Waals surface area contributed by atoms with Crippen LogP contribution in [0.5, 0.6) is 0 Å². The van der Waals surface area contributed by atoms with E-state index < -0.39 is 0 Å². The van der Waals surface area contributed by atoms with Crippen LogP contribution in [-0.2, 0) is 11.2 Å². The molecular weight excluding hydrogens is 230 g/mol. The standard InChI is InChI=1S/C14H21NOS/c1-10(7-8-16-2)14(15)13-9-11-5-3-4-6-12(11)17-13/h3-6,10,13-14H,7-9,15H2,1-2H3. The highest BCUT2D eigenvalue weighted by atomic mass is 32.2. The monoisotopic (exact) mass is 251 g/mol. The van der Waals surface area contributed by atoms with Crippen molar-refractivity contribution < 1.29 is 4.74 Å². The lowest BCUT2D eigenvalue weighted by Gasteiger charge is -2.24. The zero-order valence-electron chi connectivity index (χ0n) is 10.6. The number of ether oxygens (including phenoxy) is 1. The summed E-state index contributed by atoms with van der Waals surface area (Å²) in [4.78, 5) is 1.41. The Morgan fingerprint density at radius 2 is 2.24 bits per heavy atom. The van der Waals surface area contributed by atoms with Gasteiger partial charge in [-0.25, -0.2) is 0 Å². The first kappa shape index (κ1) is 12.9. The normalized spacial score (nSPS) is 22.2. The van der Waals surface area contributed by atoms with Crippen molar-refractivity contribution in [2.45, 2.75) is 36.0 Å². The number of hydrogen-bond acceptors (Lipinski definition) is 3. The van der Waals surface area contributed by atoms with Crippen LogP contribution in [0.15, 0.2) is 29.2 Å². The predicted molar refractivity (Wildman–Crippen MR) is 73.4 cm³/mol. The minimum atomic E-state index is 0.252. The topological polar surface area (TPSA) is 35.2 Å². The van der Waals surface area contributed by atoms with Crippen LogP contribution < -0.4 is 5.73 Å². The van der Waals surface area contributed by atoms with Gasteiger partial charge in [0.25, 0.3) is 0 Å². The maximum absolute atomic E-state index is 6.37. The van der Waals surface area contributed by atoms with E-state index in [1.54, 1.807) is 7.11 Å². The lowest BCUT2D eigenvalue weighted by atomic mass is 9.93. The highest BCUT2D eigenvalue weighted by Gasteiger charge is 2.29. The van der Waals surface area contributed by atoms with Gasteiger partial charge in [-0.1, -0.05) is 25.1 Å². The molecule has 17 heavy (non-hydrogen) atoms. The molecule has 1 aromatic rings. The molecular formula is C14H21NOS. The van der Waals surface area contributed by atoms with Crippen molar-refractivity contribution in [3.63, 3.8) is 0 Å². The molecule has 1 heterocycles. The second kappa shape index (κ2) is 5.89. The van der Waals surface area contributed by atoms with Crippen LogP contribution in [0.3, 0.4) is 0 Å². The Morgan fingerprint density at radius 3 is 2.94 bits per heavy atom. The number of rotatable bonds is 5. The van der Waals surface area contributed by atoms with E-state index in [0.29, 0.717) is 11.2 Å². The first-order chi connectivity index (χ1) is 8.22. The number of benzene rings is 1. The summed E-state index contributed by atoms with van der Waals surface area (Å²) in [7, 11) is 1.75. The first-order valence-electron chi connectivity index (χ1n) is 6.21. The summed E-state index contributed by atoms with van der Waals surface area (Å²) in [6, 6.07) is 8.89. The van der Waals surface area contributed by atoms with Gasteiger partial charge in [-0.3, -0.25) is 0 Å². The van der Waals surface area contributed by atoms with Crippen LogP contribution in [0.1, 0.15) is 18.9 Å². The largest absolute Gasteiger partial charge is 0.385 e. The summed E-state index contributed by atoms with van der Waals surface area (Å²) in [5, 5.41) is 0.527. The fraction of sp³-hybridized carbons (Fsp3) is 0.571. The van der Waals surface area contributed by atoms with Crippen molar-refractivity contribution in [3.05, 3.63) is 29.8 Å². The molecule has 3 unspecified atom stereocenters. The zero-order chi connectivity index (χ0) is 12.3. The molecule has 0 bridgehead atoms. The van der Waals surface area contributed by atoms with Gasteiger partial charge >= 0.3 is 0 Å². The summed E-state index contributed by atoms with van der Waals surface area (Å²) in [6.45, 7) is 3.03. The highest BCUT2D eigenvalue weighted by Crippen LogP contribution is 2.39. The second-order valence-corrected chi connectivity index (χ2v) is 6.09. The molecule has 94 valence electrons. The van der Waals surface area contributed by atoms with Crippen LogP contribution in [0.2, 0.25) is 0 Å². The predicted octanol–water partition coefficient (Wildman–Crippen LogP) is 2.70.